The zero-order valence-corrected chi connectivity index (χ0v) is 20.4. The maximum atomic E-state index is 12.0. The summed E-state index contributed by atoms with van der Waals surface area (Å²) in [5.41, 5.74) is 5.41. The summed E-state index contributed by atoms with van der Waals surface area (Å²) in [7, 11) is 0. The van der Waals surface area contributed by atoms with Crippen LogP contribution in [0.1, 0.15) is 23.6 Å². The smallest absolute Gasteiger partial charge is 0.250 e. The summed E-state index contributed by atoms with van der Waals surface area (Å²) in [6.45, 7) is 2.80. The maximum Gasteiger partial charge on any atom is 0.250 e. The topological polar surface area (TPSA) is 59.9 Å². The molecule has 3 rings (SSSR count). The van der Waals surface area contributed by atoms with E-state index in [0.717, 1.165) is 16.7 Å². The van der Waals surface area contributed by atoms with E-state index in [9.17, 15) is 4.79 Å². The molecule has 172 valence electrons. The lowest BCUT2D eigenvalue weighted by molar-refractivity contribution is -0.118. The normalized spacial score (nSPS) is 10.9. The number of amides is 1. The van der Waals surface area contributed by atoms with Crippen LogP contribution in [0.25, 0.3) is 0 Å². The van der Waals surface area contributed by atoms with Crippen molar-refractivity contribution in [1.82, 2.24) is 5.43 Å². The van der Waals surface area contributed by atoms with Gasteiger partial charge >= 0.3 is 0 Å². The molecule has 0 fully saturated rings. The van der Waals surface area contributed by atoms with Gasteiger partial charge in [0, 0.05) is 15.8 Å². The molecule has 5 nitrogen and oxygen atoms in total. The van der Waals surface area contributed by atoms with Gasteiger partial charge in [0.05, 0.1) is 18.6 Å². The third kappa shape index (κ3) is 8.65. The number of hydrogen-bond acceptors (Lipinski definition) is 5. The minimum Gasteiger partial charge on any atom is -0.490 e. The molecule has 0 bridgehead atoms. The molecule has 3 aromatic carbocycles. The maximum absolute atomic E-state index is 12.0. The zero-order valence-electron chi connectivity index (χ0n) is 18.1. The molecular formula is C25H24Cl2N2O3S. The van der Waals surface area contributed by atoms with E-state index >= 15 is 0 Å². The van der Waals surface area contributed by atoms with E-state index in [-0.39, 0.29) is 5.91 Å². The Morgan fingerprint density at radius 1 is 0.970 bits per heavy atom. The number of hydrogen-bond donors (Lipinski definition) is 1. The molecule has 0 saturated heterocycles. The minimum absolute atomic E-state index is 0.175. The Morgan fingerprint density at radius 2 is 1.79 bits per heavy atom. The van der Waals surface area contributed by atoms with Gasteiger partial charge in [-0.2, -0.15) is 5.10 Å². The van der Waals surface area contributed by atoms with Crippen LogP contribution in [0.5, 0.6) is 11.5 Å². The number of ether oxygens (including phenoxy) is 2. The van der Waals surface area contributed by atoms with Crippen molar-refractivity contribution in [3.63, 3.8) is 0 Å². The van der Waals surface area contributed by atoms with E-state index in [0.29, 0.717) is 46.3 Å². The molecule has 3 aromatic rings. The second kappa shape index (κ2) is 13.1. The van der Waals surface area contributed by atoms with Crippen LogP contribution in [0.4, 0.5) is 0 Å². The Hall–Kier alpha value is -2.67. The third-order valence-electron chi connectivity index (χ3n) is 4.37. The van der Waals surface area contributed by atoms with E-state index < -0.39 is 0 Å². The number of nitrogens with one attached hydrogen (secondary N) is 1. The van der Waals surface area contributed by atoms with Crippen LogP contribution in [-0.2, 0) is 17.2 Å². The lowest BCUT2D eigenvalue weighted by atomic mass is 10.2. The van der Waals surface area contributed by atoms with Gasteiger partial charge in [0.2, 0.25) is 5.91 Å². The van der Waals surface area contributed by atoms with Gasteiger partial charge in [-0.3, -0.25) is 4.79 Å². The second-order valence-corrected chi connectivity index (χ2v) is 8.83. The summed E-state index contributed by atoms with van der Waals surface area (Å²) in [4.78, 5) is 12.0. The van der Waals surface area contributed by atoms with Gasteiger partial charge in [-0.25, -0.2) is 5.43 Å². The SMILES string of the molecule is CCOc1cc(/C=N/NC(=O)CSCc2cccc(Cl)c2)ccc1OCc1ccc(Cl)cc1. The Morgan fingerprint density at radius 3 is 2.55 bits per heavy atom. The summed E-state index contributed by atoms with van der Waals surface area (Å²) in [6.07, 6.45) is 1.57. The van der Waals surface area contributed by atoms with Crippen molar-refractivity contribution in [3.8, 4) is 11.5 Å². The highest BCUT2D eigenvalue weighted by Gasteiger charge is 2.07. The molecule has 0 heterocycles. The van der Waals surface area contributed by atoms with Gasteiger partial charge in [-0.1, -0.05) is 47.5 Å². The van der Waals surface area contributed by atoms with Gasteiger partial charge in [-0.15, -0.1) is 11.8 Å². The van der Waals surface area contributed by atoms with Crippen LogP contribution in [0, 0.1) is 0 Å². The Labute approximate surface area is 208 Å². The second-order valence-electron chi connectivity index (χ2n) is 6.97. The van der Waals surface area contributed by atoms with Gasteiger partial charge in [-0.05, 0) is 66.1 Å². The fraction of sp³-hybridized carbons (Fsp3) is 0.200. The van der Waals surface area contributed by atoms with Crippen LogP contribution in [-0.4, -0.2) is 24.5 Å². The van der Waals surface area contributed by atoms with E-state index in [1.807, 2.05) is 73.7 Å². The molecule has 33 heavy (non-hydrogen) atoms. The average Bonchev–Trinajstić information content (AvgIpc) is 2.80. The van der Waals surface area contributed by atoms with Crippen molar-refractivity contribution >= 4 is 47.1 Å². The minimum atomic E-state index is -0.175. The molecule has 0 saturated carbocycles. The Bertz CT molecular complexity index is 1090. The quantitative estimate of drug-likeness (QED) is 0.245. The zero-order chi connectivity index (χ0) is 23.5. The Kier molecular flexibility index (Phi) is 9.94. The summed E-state index contributed by atoms with van der Waals surface area (Å²) < 4.78 is 11.6. The van der Waals surface area contributed by atoms with Gasteiger partial charge in [0.15, 0.2) is 11.5 Å². The molecule has 0 spiro atoms. The van der Waals surface area contributed by atoms with E-state index in [4.69, 9.17) is 32.7 Å². The highest BCUT2D eigenvalue weighted by Crippen LogP contribution is 2.29. The van der Waals surface area contributed by atoms with E-state index in [1.165, 1.54) is 11.8 Å². The first-order valence-corrected chi connectivity index (χ1v) is 12.2. The third-order valence-corrected chi connectivity index (χ3v) is 5.86. The standard InChI is InChI=1S/C25H24Cl2N2O3S/c1-2-31-24-13-19(8-11-23(24)32-15-18-6-9-21(26)10-7-18)14-28-29-25(30)17-33-16-20-4-3-5-22(27)12-20/h3-14H,2,15-17H2,1H3,(H,29,30)/b28-14+. The number of rotatable bonds is 11. The van der Waals surface area contributed by atoms with Crippen molar-refractivity contribution in [2.45, 2.75) is 19.3 Å². The first kappa shape index (κ1) is 25.0. The Balaban J connectivity index is 1.50. The number of halogens is 2. The molecule has 0 unspecified atom stereocenters. The van der Waals surface area contributed by atoms with Crippen LogP contribution in [0.2, 0.25) is 10.0 Å². The first-order chi connectivity index (χ1) is 16.0. The van der Waals surface area contributed by atoms with Gasteiger partial charge in [0.1, 0.15) is 6.61 Å². The van der Waals surface area contributed by atoms with Crippen LogP contribution in [0.15, 0.2) is 71.8 Å². The van der Waals surface area contributed by atoms with Crippen molar-refractivity contribution in [1.29, 1.82) is 0 Å². The summed E-state index contributed by atoms with van der Waals surface area (Å²) in [5, 5.41) is 5.42. The molecule has 1 N–H and O–H groups in total. The van der Waals surface area contributed by atoms with Crippen LogP contribution < -0.4 is 14.9 Å². The molecule has 8 heteroatoms. The molecule has 0 aliphatic carbocycles. The summed E-state index contributed by atoms with van der Waals surface area (Å²) in [6, 6.07) is 20.6. The van der Waals surface area contributed by atoms with E-state index in [1.54, 1.807) is 6.21 Å². The van der Waals surface area contributed by atoms with Gasteiger partial charge < -0.3 is 9.47 Å². The van der Waals surface area contributed by atoms with Crippen molar-refractivity contribution in [3.05, 3.63) is 93.5 Å². The molecule has 0 radical (unpaired) electrons. The van der Waals surface area contributed by atoms with Crippen molar-refractivity contribution in [2.75, 3.05) is 12.4 Å². The number of benzene rings is 3. The number of nitrogens with zero attached hydrogens (tertiary/aromatic N) is 1. The van der Waals surface area contributed by atoms with E-state index in [2.05, 4.69) is 10.5 Å². The molecule has 1 amide bonds. The molecule has 0 aromatic heterocycles. The molecule has 0 aliphatic rings. The number of carbonyl (C=O) groups is 1. The molecule has 0 aliphatic heterocycles. The average molecular weight is 503 g/mol. The van der Waals surface area contributed by atoms with Gasteiger partial charge in [0.25, 0.3) is 0 Å². The molecular weight excluding hydrogens is 479 g/mol. The molecule has 0 atom stereocenters. The van der Waals surface area contributed by atoms with Crippen LogP contribution >= 0.6 is 35.0 Å². The predicted molar refractivity (Wildman–Crippen MR) is 137 cm³/mol. The first-order valence-electron chi connectivity index (χ1n) is 10.3. The summed E-state index contributed by atoms with van der Waals surface area (Å²) >= 11 is 13.4. The highest BCUT2D eigenvalue weighted by molar-refractivity contribution is 7.99. The fourth-order valence-electron chi connectivity index (χ4n) is 2.83. The van der Waals surface area contributed by atoms with Crippen LogP contribution in [0.3, 0.4) is 0 Å². The predicted octanol–water partition coefficient (Wildman–Crippen LogP) is 6.35. The lowest BCUT2D eigenvalue weighted by Gasteiger charge is -2.12. The highest BCUT2D eigenvalue weighted by atomic mass is 35.5. The fourth-order valence-corrected chi connectivity index (χ4v) is 3.94. The number of carbonyl (C=O) groups excluding carboxylic acids is 1. The van der Waals surface area contributed by atoms with Crippen molar-refractivity contribution < 1.29 is 14.3 Å². The number of hydrazone groups is 1. The van der Waals surface area contributed by atoms with Crippen molar-refractivity contribution in [2.24, 2.45) is 5.10 Å². The largest absolute Gasteiger partial charge is 0.490 e. The lowest BCUT2D eigenvalue weighted by Crippen LogP contribution is -2.19. The summed E-state index contributed by atoms with van der Waals surface area (Å²) in [5.74, 6) is 2.06. The number of thioether (sulfide) groups is 1. The monoisotopic (exact) mass is 502 g/mol.